The predicted octanol–water partition coefficient (Wildman–Crippen LogP) is 1.74. The normalized spacial score (nSPS) is 19.7. The number of H-pyrrole nitrogens is 1. The van der Waals surface area contributed by atoms with Crippen LogP contribution in [0, 0.1) is 0 Å². The molecule has 2 aromatic rings. The van der Waals surface area contributed by atoms with Gasteiger partial charge in [0.2, 0.25) is 5.91 Å². The lowest BCUT2D eigenvalue weighted by molar-refractivity contribution is -0.123. The monoisotopic (exact) mass is 370 g/mol. The van der Waals surface area contributed by atoms with E-state index in [1.54, 1.807) is 7.11 Å². The first-order valence-electron chi connectivity index (χ1n) is 9.54. The number of aromatic nitrogens is 2. The Hall–Kier alpha value is -2.38. The lowest BCUT2D eigenvalue weighted by Gasteiger charge is -2.25. The summed E-state index contributed by atoms with van der Waals surface area (Å²) < 4.78 is 10.8. The van der Waals surface area contributed by atoms with Crippen LogP contribution in [0.5, 0.6) is 5.75 Å². The van der Waals surface area contributed by atoms with E-state index >= 15 is 0 Å². The van der Waals surface area contributed by atoms with Crippen molar-refractivity contribution in [1.82, 2.24) is 20.2 Å². The van der Waals surface area contributed by atoms with E-state index in [4.69, 9.17) is 14.5 Å². The van der Waals surface area contributed by atoms with Crippen LogP contribution in [0.4, 0.5) is 0 Å². The molecule has 0 spiro atoms. The lowest BCUT2D eigenvalue weighted by Crippen LogP contribution is -2.42. The Labute approximate surface area is 159 Å². The van der Waals surface area contributed by atoms with Crippen molar-refractivity contribution in [3.63, 3.8) is 0 Å². The average molecular weight is 370 g/mol. The number of aromatic amines is 1. The topological polar surface area (TPSA) is 79.5 Å². The maximum atomic E-state index is 12.2. The summed E-state index contributed by atoms with van der Waals surface area (Å²) in [5.41, 5.74) is 3.22. The highest BCUT2D eigenvalue weighted by Gasteiger charge is 2.23. The molecule has 7 heteroatoms. The van der Waals surface area contributed by atoms with E-state index in [9.17, 15) is 4.79 Å². The van der Waals surface area contributed by atoms with Crippen molar-refractivity contribution in [3.8, 4) is 17.1 Å². The average Bonchev–Trinajstić information content (AvgIpc) is 3.36. The minimum Gasteiger partial charge on any atom is -0.497 e. The molecule has 2 aliphatic rings. The maximum Gasteiger partial charge on any atom is 0.234 e. The van der Waals surface area contributed by atoms with Gasteiger partial charge in [-0.1, -0.05) is 0 Å². The molecule has 7 nitrogen and oxygen atoms in total. The molecule has 3 heterocycles. The molecule has 144 valence electrons. The number of hydrogen-bond acceptors (Lipinski definition) is 5. The molecule has 1 atom stereocenters. The van der Waals surface area contributed by atoms with Crippen LogP contribution < -0.4 is 10.1 Å². The van der Waals surface area contributed by atoms with Gasteiger partial charge >= 0.3 is 0 Å². The van der Waals surface area contributed by atoms with Gasteiger partial charge in [-0.3, -0.25) is 9.69 Å². The number of methoxy groups -OCH3 is 1. The number of imidazole rings is 1. The number of ether oxygens (including phenoxy) is 2. The fourth-order valence-electron chi connectivity index (χ4n) is 3.66. The first-order valence-corrected chi connectivity index (χ1v) is 9.54. The van der Waals surface area contributed by atoms with Gasteiger partial charge in [-0.25, -0.2) is 4.98 Å². The third-order valence-electron chi connectivity index (χ3n) is 5.19. The highest BCUT2D eigenvalue weighted by Crippen LogP contribution is 2.24. The third-order valence-corrected chi connectivity index (χ3v) is 5.19. The van der Waals surface area contributed by atoms with Crippen LogP contribution >= 0.6 is 0 Å². The Morgan fingerprint density at radius 1 is 1.41 bits per heavy atom. The van der Waals surface area contributed by atoms with Crippen LogP contribution in [0.15, 0.2) is 24.3 Å². The first kappa shape index (κ1) is 18.0. The summed E-state index contributed by atoms with van der Waals surface area (Å²) in [4.78, 5) is 22.5. The Kier molecular flexibility index (Phi) is 5.40. The van der Waals surface area contributed by atoms with Crippen molar-refractivity contribution in [2.75, 3.05) is 33.4 Å². The van der Waals surface area contributed by atoms with Gasteiger partial charge in [0, 0.05) is 38.2 Å². The summed E-state index contributed by atoms with van der Waals surface area (Å²) in [6, 6.07) is 7.86. The SMILES string of the molecule is COc1ccc(-c2nc3c([nH]2)CN(CC(=O)NC[C@H]2CCCO2)CC3)cc1. The summed E-state index contributed by atoms with van der Waals surface area (Å²) in [6.07, 6.45) is 3.16. The van der Waals surface area contributed by atoms with Crippen LogP contribution in [0.2, 0.25) is 0 Å². The lowest BCUT2D eigenvalue weighted by atomic mass is 10.1. The Morgan fingerprint density at radius 2 is 2.26 bits per heavy atom. The largest absolute Gasteiger partial charge is 0.497 e. The first-order chi connectivity index (χ1) is 13.2. The molecule has 1 aromatic heterocycles. The fraction of sp³-hybridized carbons (Fsp3) is 0.500. The fourth-order valence-corrected chi connectivity index (χ4v) is 3.66. The van der Waals surface area contributed by atoms with Crippen molar-refractivity contribution in [3.05, 3.63) is 35.7 Å². The summed E-state index contributed by atoms with van der Waals surface area (Å²) in [6.45, 7) is 3.39. The second-order valence-electron chi connectivity index (χ2n) is 7.14. The highest BCUT2D eigenvalue weighted by molar-refractivity contribution is 5.78. The molecule has 2 aliphatic heterocycles. The third kappa shape index (κ3) is 4.31. The smallest absolute Gasteiger partial charge is 0.234 e. The molecule has 1 fully saturated rings. The number of nitrogens with one attached hydrogen (secondary N) is 2. The summed E-state index contributed by atoms with van der Waals surface area (Å²) in [5, 5.41) is 2.99. The highest BCUT2D eigenvalue weighted by atomic mass is 16.5. The zero-order chi connectivity index (χ0) is 18.6. The van der Waals surface area contributed by atoms with Gasteiger partial charge in [0.15, 0.2) is 0 Å². The van der Waals surface area contributed by atoms with E-state index in [-0.39, 0.29) is 12.0 Å². The molecule has 27 heavy (non-hydrogen) atoms. The van der Waals surface area contributed by atoms with E-state index in [1.165, 1.54) is 0 Å². The molecule has 1 aromatic carbocycles. The predicted molar refractivity (Wildman–Crippen MR) is 102 cm³/mol. The van der Waals surface area contributed by atoms with Crippen LogP contribution in [0.3, 0.4) is 0 Å². The van der Waals surface area contributed by atoms with Crippen molar-refractivity contribution in [1.29, 1.82) is 0 Å². The zero-order valence-electron chi connectivity index (χ0n) is 15.7. The zero-order valence-corrected chi connectivity index (χ0v) is 15.7. The van der Waals surface area contributed by atoms with Crippen LogP contribution in [-0.4, -0.2) is 60.2 Å². The van der Waals surface area contributed by atoms with Crippen molar-refractivity contribution < 1.29 is 14.3 Å². The standard InChI is InChI=1S/C20H26N4O3/c1-26-15-6-4-14(5-7-15)20-22-17-8-9-24(12-18(17)23-20)13-19(25)21-11-16-3-2-10-27-16/h4-7,16H,2-3,8-13H2,1H3,(H,21,25)(H,22,23)/t16-/m1/s1. The maximum absolute atomic E-state index is 12.2. The minimum absolute atomic E-state index is 0.0591. The molecule has 1 saturated heterocycles. The minimum atomic E-state index is 0.0591. The Balaban J connectivity index is 1.33. The second-order valence-corrected chi connectivity index (χ2v) is 7.14. The van der Waals surface area contributed by atoms with Crippen LogP contribution in [0.1, 0.15) is 24.2 Å². The van der Waals surface area contributed by atoms with Crippen LogP contribution in [-0.2, 0) is 22.5 Å². The van der Waals surface area contributed by atoms with Crippen molar-refractivity contribution in [2.45, 2.75) is 31.9 Å². The van der Waals surface area contributed by atoms with E-state index in [2.05, 4.69) is 15.2 Å². The van der Waals surface area contributed by atoms with E-state index < -0.39 is 0 Å². The molecule has 2 N–H and O–H groups in total. The molecule has 0 bridgehead atoms. The van der Waals surface area contributed by atoms with Gasteiger partial charge in [-0.05, 0) is 37.1 Å². The summed E-state index contributed by atoms with van der Waals surface area (Å²) in [5.74, 6) is 1.76. The molecular formula is C20H26N4O3. The number of amides is 1. The van der Waals surface area contributed by atoms with Crippen molar-refractivity contribution >= 4 is 5.91 Å². The molecule has 1 amide bonds. The van der Waals surface area contributed by atoms with E-state index in [1.807, 2.05) is 24.3 Å². The molecule has 4 rings (SSSR count). The van der Waals surface area contributed by atoms with Gasteiger partial charge in [0.1, 0.15) is 11.6 Å². The summed E-state index contributed by atoms with van der Waals surface area (Å²) >= 11 is 0. The van der Waals surface area contributed by atoms with Gasteiger partial charge in [0.25, 0.3) is 0 Å². The Bertz CT molecular complexity index is 781. The Morgan fingerprint density at radius 3 is 3.00 bits per heavy atom. The number of fused-ring (bicyclic) bond motifs is 1. The van der Waals surface area contributed by atoms with Crippen molar-refractivity contribution in [2.24, 2.45) is 0 Å². The van der Waals surface area contributed by atoms with E-state index in [0.29, 0.717) is 19.6 Å². The quantitative estimate of drug-likeness (QED) is 0.810. The number of carbonyl (C=O) groups excluding carboxylic acids is 1. The van der Waals surface area contributed by atoms with Crippen LogP contribution in [0.25, 0.3) is 11.4 Å². The van der Waals surface area contributed by atoms with Gasteiger partial charge < -0.3 is 19.8 Å². The summed E-state index contributed by atoms with van der Waals surface area (Å²) in [7, 11) is 1.66. The second kappa shape index (κ2) is 8.10. The number of benzene rings is 1. The van der Waals surface area contributed by atoms with Gasteiger partial charge in [0.05, 0.1) is 31.1 Å². The van der Waals surface area contributed by atoms with Gasteiger partial charge in [-0.2, -0.15) is 0 Å². The molecule has 0 radical (unpaired) electrons. The molecule has 0 unspecified atom stereocenters. The van der Waals surface area contributed by atoms with Gasteiger partial charge in [-0.15, -0.1) is 0 Å². The number of rotatable bonds is 6. The number of hydrogen-bond donors (Lipinski definition) is 2. The number of nitrogens with zero attached hydrogens (tertiary/aromatic N) is 2. The number of carbonyl (C=O) groups is 1. The molecule has 0 saturated carbocycles. The molecule has 0 aliphatic carbocycles. The van der Waals surface area contributed by atoms with E-state index in [0.717, 1.165) is 60.9 Å². The molecular weight excluding hydrogens is 344 g/mol.